The van der Waals surface area contributed by atoms with Crippen LogP contribution in [0.3, 0.4) is 0 Å². The van der Waals surface area contributed by atoms with Gasteiger partial charge in [0.1, 0.15) is 22.6 Å². The van der Waals surface area contributed by atoms with Crippen LogP contribution in [0.1, 0.15) is 44.9 Å². The van der Waals surface area contributed by atoms with Gasteiger partial charge in [-0.3, -0.25) is 14.3 Å². The number of rotatable bonds is 10. The summed E-state index contributed by atoms with van der Waals surface area (Å²) < 4.78 is 45.0. The topological polar surface area (TPSA) is 366 Å². The second kappa shape index (κ2) is 41.7. The number of nitrogens with two attached hydrogens (primary N) is 1. The number of anilines is 3. The number of piperazine rings is 2. The predicted octanol–water partition coefficient (Wildman–Crippen LogP) is 5.07. The van der Waals surface area contributed by atoms with Crippen LogP contribution >= 0.6 is 21.8 Å². The van der Waals surface area contributed by atoms with Gasteiger partial charge in [0, 0.05) is 173 Å². The molecule has 2 aliphatic rings. The van der Waals surface area contributed by atoms with Gasteiger partial charge in [0.2, 0.25) is 26.8 Å². The van der Waals surface area contributed by atoms with E-state index >= 15 is 0 Å². The van der Waals surface area contributed by atoms with E-state index in [0.29, 0.717) is 59.6 Å². The average molecular weight is 1740 g/mol. The third kappa shape index (κ3) is 24.0. The molecule has 6 aromatic heterocycles. The van der Waals surface area contributed by atoms with E-state index in [1.165, 1.54) is 74.0 Å². The molecule has 0 atom stereocenters. The van der Waals surface area contributed by atoms with Gasteiger partial charge in [0.25, 0.3) is 0 Å². The van der Waals surface area contributed by atoms with Gasteiger partial charge < -0.3 is 80.5 Å². The van der Waals surface area contributed by atoms with E-state index in [0.717, 1.165) is 45.3 Å². The minimum atomic E-state index is -3.79. The molecule has 491 valence electrons. The number of aromatic nitrogens is 10. The number of aryl methyl sites for hydroxylation is 2. The fourth-order valence-electron chi connectivity index (χ4n) is 7.71. The van der Waals surface area contributed by atoms with Crippen molar-refractivity contribution in [1.82, 2.24) is 59.6 Å². The number of nitrogens with zero attached hydrogens (tertiary/aromatic N) is 13. The normalized spacial score (nSPS) is 11.9. The maximum atomic E-state index is 14.5. The molecule has 0 aliphatic carbocycles. The first kappa shape index (κ1) is 80.4. The number of nitrogens with one attached hydrogen (secondary N) is 2. The van der Waals surface area contributed by atoms with E-state index in [4.69, 9.17) is 21.1 Å². The Morgan fingerprint density at radius 1 is 0.716 bits per heavy atom. The fourth-order valence-corrected chi connectivity index (χ4v) is 8.86. The Hall–Kier alpha value is -5.59. The Morgan fingerprint density at radius 2 is 1.22 bits per heavy atom. The molecule has 11 rings (SSSR count). The molecule has 3 radical (unpaired) electrons. The van der Waals surface area contributed by atoms with Gasteiger partial charge >= 0.3 is 69.5 Å². The number of halogens is 2. The van der Waals surface area contributed by atoms with Crippen LogP contribution in [-0.4, -0.2) is 133 Å². The molecule has 9 aromatic rings. The Morgan fingerprint density at radius 3 is 1.67 bits per heavy atom. The van der Waals surface area contributed by atoms with Gasteiger partial charge in [-0.25, -0.2) is 32.2 Å². The zero-order valence-corrected chi connectivity index (χ0v) is 55.9. The Balaban J connectivity index is 0.000000555. The van der Waals surface area contributed by atoms with E-state index in [-0.39, 0.29) is 128 Å². The van der Waals surface area contributed by atoms with E-state index in [2.05, 4.69) is 97.0 Å². The van der Waals surface area contributed by atoms with Gasteiger partial charge in [-0.1, -0.05) is 55.6 Å². The molecular formula is C53H56Ag5ClFN16O10S2-2. The number of carboxylic acids is 3. The van der Waals surface area contributed by atoms with Crippen molar-refractivity contribution in [1.29, 1.82) is 0 Å². The zero-order valence-electron chi connectivity index (χ0n) is 46.0. The van der Waals surface area contributed by atoms with Crippen molar-refractivity contribution in [3.05, 3.63) is 183 Å². The van der Waals surface area contributed by atoms with Crippen molar-refractivity contribution in [2.24, 2.45) is 0 Å². The minimum Gasteiger partial charge on any atom is -0.450 e. The Labute approximate surface area is 588 Å². The van der Waals surface area contributed by atoms with Crippen molar-refractivity contribution >= 4 is 95.0 Å². The summed E-state index contributed by atoms with van der Waals surface area (Å²) in [6.45, 7) is 11.0. The Bertz CT molecular complexity index is 3750. The van der Waals surface area contributed by atoms with E-state index in [1.54, 1.807) is 64.3 Å². The van der Waals surface area contributed by atoms with Gasteiger partial charge in [-0.15, -0.1) is 12.6 Å². The van der Waals surface area contributed by atoms with Crippen molar-refractivity contribution in [2.75, 3.05) is 67.9 Å². The van der Waals surface area contributed by atoms with Gasteiger partial charge in [0.05, 0.1) is 27.0 Å². The zero-order chi connectivity index (χ0) is 61.2. The van der Waals surface area contributed by atoms with Crippen LogP contribution < -0.4 is 47.0 Å². The molecule has 2 aliphatic heterocycles. The van der Waals surface area contributed by atoms with Gasteiger partial charge in [0.15, 0.2) is 0 Å². The number of hydrogen-bond acceptors (Lipinski definition) is 19. The minimum absolute atomic E-state index is 0. The molecule has 0 amide bonds. The van der Waals surface area contributed by atoms with Crippen molar-refractivity contribution in [3.63, 3.8) is 0 Å². The first-order valence-corrected chi connectivity index (χ1v) is 28.8. The fraction of sp³-hybridized carbons (Fsp3) is 0.226. The molecule has 0 spiro atoms. The van der Waals surface area contributed by atoms with E-state index in [1.807, 2.05) is 23.6 Å². The molecule has 8 heterocycles. The third-order valence-electron chi connectivity index (χ3n) is 11.8. The summed E-state index contributed by atoms with van der Waals surface area (Å²) in [4.78, 5) is 92.4. The molecule has 2 saturated heterocycles. The summed E-state index contributed by atoms with van der Waals surface area (Å²) in [5.41, 5.74) is 5.89. The van der Waals surface area contributed by atoms with E-state index in [9.17, 15) is 36.8 Å². The van der Waals surface area contributed by atoms with Gasteiger partial charge in [-0.2, -0.15) is 4.98 Å². The summed E-state index contributed by atoms with van der Waals surface area (Å²) in [6.07, 6.45) is 16.5. The molecule has 3 aromatic carbocycles. The van der Waals surface area contributed by atoms with Crippen LogP contribution in [0.25, 0.3) is 26.7 Å². The van der Waals surface area contributed by atoms with Crippen LogP contribution in [0, 0.1) is 5.82 Å². The second-order valence-corrected chi connectivity index (χ2v) is 19.1. The predicted molar refractivity (Wildman–Crippen MR) is 312 cm³/mol. The number of fused-ring (bicyclic) bond motifs is 2. The molecule has 26 nitrogen and oxygen atoms in total. The number of pyridine rings is 2. The molecule has 0 bridgehead atoms. The maximum absolute atomic E-state index is 14.5. The molecule has 0 saturated carbocycles. The molecule has 7 N–H and O–H groups in total. The summed E-state index contributed by atoms with van der Waals surface area (Å²) in [5, 5.41) is 33.6. The third-order valence-corrected chi connectivity index (χ3v) is 13.4. The SMILES string of the molecule is CCn1cc(C(=O)O)c(=O)c2cc(F)c(N3CCNCC3)cc21.CCn1cc(C(=O)O)c(=O)c2cnc(N3CCNCC3)nc21.Nc1ccc(S(=O)(=O)[N-]c2ncccn2)cc1.O=C(O)c1ccccc1S.[Ag+].[Ag].[Ag].[Ag].[Cl][Ag].c1c[n-]cn1.c1c[n-]cn1. The van der Waals surface area contributed by atoms with Crippen LogP contribution in [0.4, 0.5) is 27.7 Å². The van der Waals surface area contributed by atoms with Crippen LogP contribution in [-0.2, 0) is 133 Å². The molecule has 0 unspecified atom stereocenters. The number of imidazole rings is 2. The van der Waals surface area contributed by atoms with E-state index < -0.39 is 44.6 Å². The number of aromatic carboxylic acids is 3. The Kier molecular flexibility index (Phi) is 38.1. The first-order chi connectivity index (χ1) is 40.4. The number of nitrogen functional groups attached to an aromatic ring is 1. The van der Waals surface area contributed by atoms with Gasteiger partial charge in [-0.05, 0) is 74.8 Å². The number of hydrogen-bond donors (Lipinski definition) is 7. The van der Waals surface area contributed by atoms with Crippen molar-refractivity contribution in [2.45, 2.75) is 36.7 Å². The summed E-state index contributed by atoms with van der Waals surface area (Å²) in [6, 6.07) is 16.7. The summed E-state index contributed by atoms with van der Waals surface area (Å²) in [7, 11) is 0.663. The number of benzene rings is 3. The number of carbonyl (C=O) groups is 3. The second-order valence-electron chi connectivity index (χ2n) is 17.1. The molecular weight excluding hydrogens is 1680 g/mol. The average Bonchev–Trinajstić information content (AvgIpc) is 2.25. The summed E-state index contributed by atoms with van der Waals surface area (Å²) in [5.74, 6) is -3.50. The van der Waals surface area contributed by atoms with Crippen molar-refractivity contribution < 1.29 is 152 Å². The molecule has 35 heteroatoms. The van der Waals surface area contributed by atoms with Crippen LogP contribution in [0.15, 0.2) is 155 Å². The standard InChI is InChI=1S/C16H18FN3O3.C14H17N5O3.C10H9N4O2S.C7H6O2S.2C3H3N2.5Ag.ClH/c1-2-19-9-11(16(22)23)15(21)10-7-12(17)14(8-13(10)19)20-5-3-18-4-6-20;1-2-18-8-10(13(21)22)11(20)9-7-16-14(17-12(9)18)19-5-3-15-4-6-19;11-8-2-4-9(5-3-8)17(15,16)14-10-12-6-1-7-13-10;8-7(9)5-3-1-2-4-6(5)10;2*1-2-5-3-4-1;;;;;;/h7-9,18H,2-6H2,1H3,(H,22,23);7-8,15H,2-6H2,1H3,(H,21,22);1-7H,11H2;1-4,10H,(H,8,9);2*1-3H;;;;;;1H/q;;-1;;2*-1;;;;2*+1;/p-1. The smallest absolute Gasteiger partial charge is 0.0843 e. The van der Waals surface area contributed by atoms with Crippen LogP contribution in [0.5, 0.6) is 0 Å². The number of sulfonamides is 1. The monoisotopic (exact) mass is 1730 g/mol. The molecule has 2 fully saturated rings. The number of carboxylic acid groups (broad SMARTS) is 3. The summed E-state index contributed by atoms with van der Waals surface area (Å²) >= 11 is 6.38. The first-order valence-electron chi connectivity index (χ1n) is 25.0. The largest absolute Gasteiger partial charge is 0.450 e. The molecule has 88 heavy (non-hydrogen) atoms. The maximum Gasteiger partial charge on any atom is -0.0843 e. The quantitative estimate of drug-likeness (QED) is 0.0534. The van der Waals surface area contributed by atoms with Crippen LogP contribution in [0.2, 0.25) is 0 Å². The number of thiol groups is 1. The van der Waals surface area contributed by atoms with Crippen molar-refractivity contribution in [3.8, 4) is 0 Å².